The average Bonchev–Trinajstić information content (AvgIpc) is 2.68. The summed E-state index contributed by atoms with van der Waals surface area (Å²) in [4.78, 5) is 16.3. The molecule has 2 fully saturated rings. The highest BCUT2D eigenvalue weighted by Gasteiger charge is 2.45. The second kappa shape index (κ2) is 7.80. The molecule has 1 aromatic heterocycles. The predicted molar refractivity (Wildman–Crippen MR) is 93.2 cm³/mol. The van der Waals surface area contributed by atoms with E-state index in [4.69, 9.17) is 4.74 Å². The van der Waals surface area contributed by atoms with Crippen LogP contribution in [0.2, 0.25) is 0 Å². The molecule has 8 heteroatoms. The third-order valence-electron chi connectivity index (χ3n) is 5.18. The van der Waals surface area contributed by atoms with Crippen molar-refractivity contribution in [2.45, 2.75) is 37.0 Å². The van der Waals surface area contributed by atoms with Gasteiger partial charge in [-0.15, -0.1) is 0 Å². The van der Waals surface area contributed by atoms with E-state index in [1.807, 2.05) is 12.1 Å². The van der Waals surface area contributed by atoms with E-state index in [0.717, 1.165) is 18.4 Å². The van der Waals surface area contributed by atoms with Crippen molar-refractivity contribution in [3.63, 3.8) is 0 Å². The minimum Gasteiger partial charge on any atom is -0.469 e. The highest BCUT2D eigenvalue weighted by Crippen LogP contribution is 2.35. The third-order valence-corrected chi connectivity index (χ3v) is 7.60. The molecule has 0 bridgehead atoms. The second-order valence-corrected chi connectivity index (χ2v) is 8.72. The van der Waals surface area contributed by atoms with Gasteiger partial charge in [-0.1, -0.05) is 18.9 Å². The van der Waals surface area contributed by atoms with Crippen molar-refractivity contribution < 1.29 is 17.9 Å². The fourth-order valence-electron chi connectivity index (χ4n) is 3.90. The zero-order chi connectivity index (χ0) is 17.9. The maximum atomic E-state index is 13.4. The van der Waals surface area contributed by atoms with Crippen LogP contribution >= 0.6 is 0 Å². The molecule has 1 aromatic rings. The number of methoxy groups -OCH3 is 1. The summed E-state index contributed by atoms with van der Waals surface area (Å²) in [5.74, 6) is -0.991. The van der Waals surface area contributed by atoms with Crippen molar-refractivity contribution in [2.24, 2.45) is 5.92 Å². The van der Waals surface area contributed by atoms with Crippen LogP contribution < -0.4 is 5.32 Å². The zero-order valence-corrected chi connectivity index (χ0v) is 15.2. The number of esters is 1. The van der Waals surface area contributed by atoms with Crippen LogP contribution in [0.3, 0.4) is 0 Å². The summed E-state index contributed by atoms with van der Waals surface area (Å²) in [5.41, 5.74) is 0.865. The predicted octanol–water partition coefficient (Wildman–Crippen LogP) is 1.09. The van der Waals surface area contributed by atoms with Gasteiger partial charge in [0, 0.05) is 32.0 Å². The molecule has 0 radical (unpaired) electrons. The molecular weight excluding hydrogens is 342 g/mol. The first kappa shape index (κ1) is 18.3. The lowest BCUT2D eigenvalue weighted by atomic mass is 9.89. The van der Waals surface area contributed by atoms with Crippen LogP contribution in [0.15, 0.2) is 24.5 Å². The number of sulfonamides is 1. The lowest BCUT2D eigenvalue weighted by Crippen LogP contribution is -2.53. The Morgan fingerprint density at radius 1 is 1.36 bits per heavy atom. The molecule has 0 spiro atoms. The lowest BCUT2D eigenvalue weighted by molar-refractivity contribution is -0.146. The van der Waals surface area contributed by atoms with Crippen LogP contribution in [0.5, 0.6) is 0 Å². The summed E-state index contributed by atoms with van der Waals surface area (Å²) in [7, 11) is -2.30. The molecule has 1 saturated heterocycles. The van der Waals surface area contributed by atoms with Gasteiger partial charge in [0.1, 0.15) is 0 Å². The number of piperazine rings is 1. The average molecular weight is 367 g/mol. The van der Waals surface area contributed by atoms with Gasteiger partial charge in [0.15, 0.2) is 0 Å². The maximum absolute atomic E-state index is 13.4. The van der Waals surface area contributed by atoms with Gasteiger partial charge in [0.25, 0.3) is 0 Å². The van der Waals surface area contributed by atoms with Crippen molar-refractivity contribution in [2.75, 3.05) is 26.7 Å². The van der Waals surface area contributed by atoms with Gasteiger partial charge >= 0.3 is 5.97 Å². The number of aromatic nitrogens is 1. The highest BCUT2D eigenvalue weighted by atomic mass is 32.2. The van der Waals surface area contributed by atoms with E-state index in [1.165, 1.54) is 7.11 Å². The molecule has 3 unspecified atom stereocenters. The molecule has 138 valence electrons. The Labute approximate surface area is 148 Å². The monoisotopic (exact) mass is 367 g/mol. The summed E-state index contributed by atoms with van der Waals surface area (Å²) < 4.78 is 33.3. The molecule has 3 atom stereocenters. The van der Waals surface area contributed by atoms with Crippen LogP contribution in [0.4, 0.5) is 0 Å². The molecule has 1 saturated carbocycles. The second-order valence-electron chi connectivity index (χ2n) is 6.61. The molecule has 25 heavy (non-hydrogen) atoms. The molecule has 1 aliphatic carbocycles. The molecule has 0 aromatic carbocycles. The Morgan fingerprint density at radius 2 is 2.16 bits per heavy atom. The fourth-order valence-corrected chi connectivity index (χ4v) is 6.27. The molecule has 1 aliphatic heterocycles. The van der Waals surface area contributed by atoms with Crippen molar-refractivity contribution in [3.05, 3.63) is 30.1 Å². The molecule has 1 N–H and O–H groups in total. The van der Waals surface area contributed by atoms with Gasteiger partial charge in [-0.3, -0.25) is 9.78 Å². The number of rotatable bonds is 4. The normalized spacial score (nSPS) is 28.4. The van der Waals surface area contributed by atoms with E-state index in [2.05, 4.69) is 10.3 Å². The minimum atomic E-state index is -3.62. The first-order valence-electron chi connectivity index (χ1n) is 8.75. The number of ether oxygens (including phenoxy) is 1. The molecule has 2 heterocycles. The van der Waals surface area contributed by atoms with Gasteiger partial charge in [-0.2, -0.15) is 4.31 Å². The van der Waals surface area contributed by atoms with E-state index in [0.29, 0.717) is 32.5 Å². The maximum Gasteiger partial charge on any atom is 0.310 e. The van der Waals surface area contributed by atoms with E-state index in [9.17, 15) is 13.2 Å². The zero-order valence-electron chi connectivity index (χ0n) is 14.4. The van der Waals surface area contributed by atoms with Crippen molar-refractivity contribution in [1.82, 2.24) is 14.6 Å². The summed E-state index contributed by atoms with van der Waals surface area (Å²) in [6.07, 6.45) is 6.14. The number of nitrogens with one attached hydrogen (secondary N) is 1. The Hall–Kier alpha value is -1.51. The van der Waals surface area contributed by atoms with Crippen molar-refractivity contribution in [3.8, 4) is 0 Å². The molecule has 0 amide bonds. The molecule has 3 rings (SSSR count). The van der Waals surface area contributed by atoms with Crippen LogP contribution in [-0.2, 0) is 19.6 Å². The van der Waals surface area contributed by atoms with Crippen LogP contribution in [-0.4, -0.2) is 55.7 Å². The SMILES string of the molecule is COC(=O)C1CCCCC1S(=O)(=O)N1CCNCC1c1cccnc1. The number of hydrogen-bond donors (Lipinski definition) is 1. The first-order chi connectivity index (χ1) is 12.1. The Bertz CT molecular complexity index is 695. The number of hydrogen-bond acceptors (Lipinski definition) is 6. The van der Waals surface area contributed by atoms with Gasteiger partial charge in [-0.05, 0) is 24.5 Å². The smallest absolute Gasteiger partial charge is 0.310 e. The van der Waals surface area contributed by atoms with Gasteiger partial charge in [0.05, 0.1) is 24.3 Å². The van der Waals surface area contributed by atoms with E-state index in [1.54, 1.807) is 16.7 Å². The number of carbonyl (C=O) groups is 1. The van der Waals surface area contributed by atoms with Crippen LogP contribution in [0.1, 0.15) is 37.3 Å². The Balaban J connectivity index is 1.91. The van der Waals surface area contributed by atoms with Gasteiger partial charge < -0.3 is 10.1 Å². The van der Waals surface area contributed by atoms with Crippen LogP contribution in [0.25, 0.3) is 0 Å². The number of nitrogens with zero attached hydrogens (tertiary/aromatic N) is 2. The minimum absolute atomic E-state index is 0.298. The van der Waals surface area contributed by atoms with Gasteiger partial charge in [-0.25, -0.2) is 8.42 Å². The molecular formula is C17H25N3O4S. The van der Waals surface area contributed by atoms with E-state index < -0.39 is 27.2 Å². The van der Waals surface area contributed by atoms with E-state index >= 15 is 0 Å². The largest absolute Gasteiger partial charge is 0.469 e. The van der Waals surface area contributed by atoms with Crippen molar-refractivity contribution in [1.29, 1.82) is 0 Å². The van der Waals surface area contributed by atoms with Crippen molar-refractivity contribution >= 4 is 16.0 Å². The quantitative estimate of drug-likeness (QED) is 0.802. The molecule has 2 aliphatic rings. The summed E-state index contributed by atoms with van der Waals surface area (Å²) in [5, 5.41) is 2.56. The third kappa shape index (κ3) is 3.70. The lowest BCUT2D eigenvalue weighted by Gasteiger charge is -2.40. The van der Waals surface area contributed by atoms with E-state index in [-0.39, 0.29) is 6.04 Å². The topological polar surface area (TPSA) is 88.6 Å². The molecule has 7 nitrogen and oxygen atoms in total. The van der Waals surface area contributed by atoms with Crippen LogP contribution in [0, 0.1) is 5.92 Å². The number of pyridine rings is 1. The highest BCUT2D eigenvalue weighted by molar-refractivity contribution is 7.89. The number of carbonyl (C=O) groups excluding carboxylic acids is 1. The fraction of sp³-hybridized carbons (Fsp3) is 0.647. The standard InChI is InChI=1S/C17H25N3O4S/c1-24-17(21)14-6-2-3-7-16(14)25(22,23)20-10-9-19-12-15(20)13-5-4-8-18-11-13/h4-5,8,11,14-16,19H,2-3,6-7,9-10,12H2,1H3. The Morgan fingerprint density at radius 3 is 2.88 bits per heavy atom. The Kier molecular flexibility index (Phi) is 5.71. The summed E-state index contributed by atoms with van der Waals surface area (Å²) >= 11 is 0. The van der Waals surface area contributed by atoms with Gasteiger partial charge in [0.2, 0.25) is 10.0 Å². The first-order valence-corrected chi connectivity index (χ1v) is 10.2. The summed E-state index contributed by atoms with van der Waals surface area (Å²) in [6.45, 7) is 1.54. The summed E-state index contributed by atoms with van der Waals surface area (Å²) in [6, 6.07) is 3.41.